The maximum atomic E-state index is 5.79. The van der Waals surface area contributed by atoms with Gasteiger partial charge in [0, 0.05) is 38.8 Å². The van der Waals surface area contributed by atoms with Crippen molar-refractivity contribution in [3.8, 4) is 11.5 Å². The van der Waals surface area contributed by atoms with Gasteiger partial charge >= 0.3 is 0 Å². The van der Waals surface area contributed by atoms with Gasteiger partial charge in [0.25, 0.3) is 0 Å². The third-order valence-corrected chi connectivity index (χ3v) is 4.95. The highest BCUT2D eigenvalue weighted by Crippen LogP contribution is 2.19. The van der Waals surface area contributed by atoms with Crippen LogP contribution in [0.1, 0.15) is 31.5 Å². The zero-order chi connectivity index (χ0) is 20.6. The van der Waals surface area contributed by atoms with Crippen molar-refractivity contribution in [1.82, 2.24) is 20.5 Å². The van der Waals surface area contributed by atoms with Crippen LogP contribution in [0.15, 0.2) is 39.9 Å². The summed E-state index contributed by atoms with van der Waals surface area (Å²) in [7, 11) is 1.78. The van der Waals surface area contributed by atoms with Crippen molar-refractivity contribution in [1.29, 1.82) is 0 Å². The van der Waals surface area contributed by atoms with Crippen LogP contribution in [0, 0.1) is 6.92 Å². The first-order chi connectivity index (χ1) is 14.0. The predicted molar refractivity (Wildman–Crippen MR) is 116 cm³/mol. The number of aromatic nitrogens is 1. The first-order valence-corrected chi connectivity index (χ1v) is 10.4. The molecule has 7 heteroatoms. The number of rotatable bonds is 7. The van der Waals surface area contributed by atoms with Gasteiger partial charge < -0.3 is 19.8 Å². The lowest BCUT2D eigenvalue weighted by molar-refractivity contribution is -0.0679. The van der Waals surface area contributed by atoms with Crippen LogP contribution in [0.4, 0.5) is 0 Å². The second-order valence-corrected chi connectivity index (χ2v) is 7.73. The Hall–Kier alpha value is -2.38. The Balaban J connectivity index is 1.39. The maximum absolute atomic E-state index is 5.79. The molecular formula is C22H33N5O2. The minimum absolute atomic E-state index is 0.313. The number of nitrogens with one attached hydrogen (secondary N) is 2. The molecule has 2 unspecified atom stereocenters. The highest BCUT2D eigenvalue weighted by atomic mass is 16.5. The number of nitrogens with zero attached hydrogens (tertiary/aromatic N) is 3. The van der Waals surface area contributed by atoms with Gasteiger partial charge in [0.1, 0.15) is 6.26 Å². The number of oxazole rings is 1. The minimum atomic E-state index is 0.313. The number of morpholine rings is 1. The second-order valence-electron chi connectivity index (χ2n) is 7.73. The molecule has 0 amide bonds. The Morgan fingerprint density at radius 2 is 1.90 bits per heavy atom. The van der Waals surface area contributed by atoms with Crippen LogP contribution in [0.2, 0.25) is 0 Å². The Kier molecular flexibility index (Phi) is 7.66. The highest BCUT2D eigenvalue weighted by molar-refractivity contribution is 5.79. The van der Waals surface area contributed by atoms with E-state index in [2.05, 4.69) is 58.4 Å². The Labute approximate surface area is 173 Å². The Morgan fingerprint density at radius 3 is 2.59 bits per heavy atom. The molecule has 29 heavy (non-hydrogen) atoms. The van der Waals surface area contributed by atoms with Crippen molar-refractivity contribution in [2.75, 3.05) is 33.2 Å². The molecule has 1 saturated heterocycles. The molecule has 2 heterocycles. The van der Waals surface area contributed by atoms with Crippen LogP contribution >= 0.6 is 0 Å². The molecule has 3 rings (SSSR count). The van der Waals surface area contributed by atoms with E-state index in [1.54, 1.807) is 13.3 Å². The average Bonchev–Trinajstić information content (AvgIpc) is 3.16. The molecule has 1 fully saturated rings. The van der Waals surface area contributed by atoms with E-state index in [0.29, 0.717) is 24.6 Å². The van der Waals surface area contributed by atoms with E-state index in [4.69, 9.17) is 9.15 Å². The number of aryl methyl sites for hydroxylation is 1. The average molecular weight is 400 g/mol. The molecule has 1 aromatic heterocycles. The molecule has 7 nitrogen and oxygen atoms in total. The molecule has 0 bridgehead atoms. The second kappa shape index (κ2) is 10.4. The highest BCUT2D eigenvalue weighted by Gasteiger charge is 2.21. The summed E-state index contributed by atoms with van der Waals surface area (Å²) >= 11 is 0. The predicted octanol–water partition coefficient (Wildman–Crippen LogP) is 2.81. The largest absolute Gasteiger partial charge is 0.444 e. The molecule has 1 aliphatic rings. The number of ether oxygens (including phenoxy) is 1. The normalized spacial score (nSPS) is 20.6. The van der Waals surface area contributed by atoms with Gasteiger partial charge in [-0.15, -0.1) is 0 Å². The van der Waals surface area contributed by atoms with Crippen LogP contribution in [-0.2, 0) is 11.3 Å². The molecule has 0 radical (unpaired) electrons. The molecule has 158 valence electrons. The van der Waals surface area contributed by atoms with Crippen molar-refractivity contribution < 1.29 is 9.15 Å². The first-order valence-electron chi connectivity index (χ1n) is 10.4. The summed E-state index contributed by atoms with van der Waals surface area (Å²) in [6.45, 7) is 10.8. The van der Waals surface area contributed by atoms with E-state index in [1.807, 2.05) is 12.1 Å². The fourth-order valence-electron chi connectivity index (χ4n) is 3.59. The lowest BCUT2D eigenvalue weighted by Crippen LogP contribution is -2.46. The monoisotopic (exact) mass is 399 g/mol. The van der Waals surface area contributed by atoms with Crippen LogP contribution in [0.25, 0.3) is 11.5 Å². The zero-order valence-corrected chi connectivity index (χ0v) is 17.9. The molecule has 0 spiro atoms. The van der Waals surface area contributed by atoms with Crippen LogP contribution in [-0.4, -0.2) is 61.3 Å². The van der Waals surface area contributed by atoms with Gasteiger partial charge in [-0.05, 0) is 39.3 Å². The van der Waals surface area contributed by atoms with Crippen LogP contribution < -0.4 is 10.6 Å². The molecule has 2 atom stereocenters. The summed E-state index contributed by atoms with van der Waals surface area (Å²) in [6, 6.07) is 8.16. The third kappa shape index (κ3) is 6.58. The van der Waals surface area contributed by atoms with Gasteiger partial charge in [-0.1, -0.05) is 17.7 Å². The van der Waals surface area contributed by atoms with Crippen molar-refractivity contribution in [2.45, 2.75) is 45.9 Å². The van der Waals surface area contributed by atoms with Crippen LogP contribution in [0.5, 0.6) is 0 Å². The van der Waals surface area contributed by atoms with Crippen molar-refractivity contribution in [3.63, 3.8) is 0 Å². The summed E-state index contributed by atoms with van der Waals surface area (Å²) in [5, 5.41) is 6.66. The van der Waals surface area contributed by atoms with E-state index in [9.17, 15) is 0 Å². The number of hydrogen-bond donors (Lipinski definition) is 2. The minimum Gasteiger partial charge on any atom is -0.444 e. The molecule has 1 aromatic carbocycles. The SMILES string of the molecule is CN=C(NCCCN1CC(C)OC(C)C1)NCc1coc(-c2ccc(C)cc2)n1. The Morgan fingerprint density at radius 1 is 1.17 bits per heavy atom. The van der Waals surface area contributed by atoms with Gasteiger partial charge in [-0.3, -0.25) is 9.89 Å². The fraction of sp³-hybridized carbons (Fsp3) is 0.545. The third-order valence-electron chi connectivity index (χ3n) is 4.95. The number of benzene rings is 1. The number of hydrogen-bond acceptors (Lipinski definition) is 5. The van der Waals surface area contributed by atoms with Gasteiger partial charge in [0.15, 0.2) is 5.96 Å². The van der Waals surface area contributed by atoms with Crippen molar-refractivity contribution in [3.05, 3.63) is 41.8 Å². The first kappa shape index (κ1) is 21.3. The van der Waals surface area contributed by atoms with Gasteiger partial charge in [0.05, 0.1) is 24.4 Å². The molecule has 1 aliphatic heterocycles. The van der Waals surface area contributed by atoms with E-state index in [1.165, 1.54) is 5.56 Å². The lowest BCUT2D eigenvalue weighted by atomic mass is 10.1. The van der Waals surface area contributed by atoms with E-state index < -0.39 is 0 Å². The molecule has 0 aliphatic carbocycles. The van der Waals surface area contributed by atoms with E-state index in [-0.39, 0.29) is 0 Å². The quantitative estimate of drug-likeness (QED) is 0.424. The molecule has 0 saturated carbocycles. The van der Waals surface area contributed by atoms with E-state index in [0.717, 1.165) is 49.8 Å². The summed E-state index contributed by atoms with van der Waals surface area (Å²) in [4.78, 5) is 11.3. The van der Waals surface area contributed by atoms with E-state index >= 15 is 0 Å². The summed E-state index contributed by atoms with van der Waals surface area (Å²) in [6.07, 6.45) is 3.37. The molecule has 2 aromatic rings. The van der Waals surface area contributed by atoms with Gasteiger partial charge in [0.2, 0.25) is 5.89 Å². The van der Waals surface area contributed by atoms with Crippen LogP contribution in [0.3, 0.4) is 0 Å². The molecule has 2 N–H and O–H groups in total. The number of aliphatic imine (C=N–C) groups is 1. The maximum Gasteiger partial charge on any atom is 0.226 e. The number of guanidine groups is 1. The molecular weight excluding hydrogens is 366 g/mol. The smallest absolute Gasteiger partial charge is 0.226 e. The van der Waals surface area contributed by atoms with Gasteiger partial charge in [-0.2, -0.15) is 0 Å². The fourth-order valence-corrected chi connectivity index (χ4v) is 3.59. The van der Waals surface area contributed by atoms with Crippen molar-refractivity contribution in [2.24, 2.45) is 4.99 Å². The Bertz CT molecular complexity index is 777. The topological polar surface area (TPSA) is 74.9 Å². The standard InChI is InChI=1S/C22H33N5O2/c1-16-6-8-19(9-7-16)21-26-20(15-28-21)12-25-22(23-4)24-10-5-11-27-13-17(2)29-18(3)14-27/h6-9,15,17-18H,5,10-14H2,1-4H3,(H2,23,24,25). The summed E-state index contributed by atoms with van der Waals surface area (Å²) in [5.41, 5.74) is 3.05. The summed E-state index contributed by atoms with van der Waals surface area (Å²) in [5.74, 6) is 1.41. The lowest BCUT2D eigenvalue weighted by Gasteiger charge is -2.35. The zero-order valence-electron chi connectivity index (χ0n) is 17.9. The summed E-state index contributed by atoms with van der Waals surface area (Å²) < 4.78 is 11.4. The van der Waals surface area contributed by atoms with Crippen molar-refractivity contribution >= 4 is 5.96 Å². The van der Waals surface area contributed by atoms with Gasteiger partial charge in [-0.25, -0.2) is 4.98 Å².